The van der Waals surface area contributed by atoms with E-state index in [0.717, 1.165) is 36.9 Å². The smallest absolute Gasteiger partial charge is 0.181 e. The van der Waals surface area contributed by atoms with Crippen molar-refractivity contribution >= 4 is 11.9 Å². The first-order valence-electron chi connectivity index (χ1n) is 8.58. The molecule has 1 atom stereocenters. The van der Waals surface area contributed by atoms with Crippen molar-refractivity contribution in [2.75, 3.05) is 13.2 Å². The Morgan fingerprint density at radius 1 is 1.24 bits per heavy atom. The third-order valence-corrected chi connectivity index (χ3v) is 4.58. The van der Waals surface area contributed by atoms with Crippen LogP contribution in [0.4, 0.5) is 4.39 Å². The van der Waals surface area contributed by atoms with Crippen LogP contribution < -0.4 is 5.32 Å². The van der Waals surface area contributed by atoms with Crippen LogP contribution in [0.25, 0.3) is 6.08 Å². The number of aliphatic hydroxyl groups excluding tert-OH is 1. The molecule has 0 radical (unpaired) electrons. The van der Waals surface area contributed by atoms with Gasteiger partial charge in [-0.2, -0.15) is 0 Å². The average Bonchev–Trinajstić information content (AvgIpc) is 3.03. The second-order valence-electron chi connectivity index (χ2n) is 6.34. The maximum Gasteiger partial charge on any atom is 0.181 e. The molecular weight excluding hydrogens is 317 g/mol. The summed E-state index contributed by atoms with van der Waals surface area (Å²) in [5, 5.41) is 12.3. The zero-order valence-corrected chi connectivity index (χ0v) is 14.0. The molecule has 0 bridgehead atoms. The van der Waals surface area contributed by atoms with E-state index in [4.69, 9.17) is 5.11 Å². The van der Waals surface area contributed by atoms with E-state index in [1.807, 2.05) is 18.2 Å². The second kappa shape index (κ2) is 8.19. The molecule has 0 spiro atoms. The first-order chi connectivity index (χ1) is 12.2. The Morgan fingerprint density at radius 2 is 2.04 bits per heavy atom. The van der Waals surface area contributed by atoms with Crippen LogP contribution in [0.1, 0.15) is 34.7 Å². The molecule has 0 saturated carbocycles. The van der Waals surface area contributed by atoms with Gasteiger partial charge in [-0.25, -0.2) is 4.39 Å². The Labute approximate surface area is 147 Å². The van der Waals surface area contributed by atoms with Gasteiger partial charge in [-0.15, -0.1) is 0 Å². The minimum Gasteiger partial charge on any atom is -0.388 e. The first-order valence-corrected chi connectivity index (χ1v) is 8.58. The van der Waals surface area contributed by atoms with Crippen molar-refractivity contribution in [3.05, 3.63) is 76.6 Å². The fourth-order valence-corrected chi connectivity index (χ4v) is 3.24. The monoisotopic (exact) mass is 339 g/mol. The summed E-state index contributed by atoms with van der Waals surface area (Å²) < 4.78 is 12.9. The standard InChI is InChI=1S/C21H22FNO2/c22-18-6-1-15(2-7-18)11-12-23-21-10-5-17-13-16(4-9-20(17)21)3-8-19(25)14-24/h1-4,6-9,13,21,23-24H,5,10-12,14H2/b8-3+. The quantitative estimate of drug-likeness (QED) is 0.762. The Kier molecular flexibility index (Phi) is 5.74. The first kappa shape index (κ1) is 17.5. The number of halogens is 1. The summed E-state index contributed by atoms with van der Waals surface area (Å²) in [6, 6.07) is 13.2. The molecule has 4 heteroatoms. The van der Waals surface area contributed by atoms with Crippen LogP contribution in [-0.4, -0.2) is 24.0 Å². The van der Waals surface area contributed by atoms with Crippen molar-refractivity contribution in [2.45, 2.75) is 25.3 Å². The van der Waals surface area contributed by atoms with Crippen LogP contribution in [0.3, 0.4) is 0 Å². The molecule has 2 aromatic carbocycles. The van der Waals surface area contributed by atoms with Crippen molar-refractivity contribution in [1.29, 1.82) is 0 Å². The van der Waals surface area contributed by atoms with Crippen LogP contribution >= 0.6 is 0 Å². The molecule has 0 aliphatic heterocycles. The van der Waals surface area contributed by atoms with Crippen molar-refractivity contribution < 1.29 is 14.3 Å². The van der Waals surface area contributed by atoms with Gasteiger partial charge in [-0.3, -0.25) is 4.79 Å². The van der Waals surface area contributed by atoms with Gasteiger partial charge < -0.3 is 10.4 Å². The highest BCUT2D eigenvalue weighted by molar-refractivity contribution is 5.94. The number of aliphatic hydroxyl groups is 1. The maximum atomic E-state index is 12.9. The van der Waals surface area contributed by atoms with Gasteiger partial charge in [-0.05, 0) is 66.3 Å². The van der Waals surface area contributed by atoms with Crippen molar-refractivity contribution in [2.24, 2.45) is 0 Å². The number of benzene rings is 2. The molecule has 0 fully saturated rings. The Hall–Kier alpha value is -2.30. The molecule has 0 amide bonds. The van der Waals surface area contributed by atoms with Crippen LogP contribution in [0.5, 0.6) is 0 Å². The van der Waals surface area contributed by atoms with E-state index in [0.29, 0.717) is 6.04 Å². The summed E-state index contributed by atoms with van der Waals surface area (Å²) in [6.07, 6.45) is 6.10. The zero-order valence-electron chi connectivity index (χ0n) is 14.0. The highest BCUT2D eigenvalue weighted by Crippen LogP contribution is 2.32. The molecule has 1 aliphatic rings. The lowest BCUT2D eigenvalue weighted by Gasteiger charge is -2.14. The number of ketones is 1. The number of carbonyl (C=O) groups is 1. The van der Waals surface area contributed by atoms with E-state index in [-0.39, 0.29) is 11.6 Å². The van der Waals surface area contributed by atoms with Crippen LogP contribution in [0.15, 0.2) is 48.5 Å². The summed E-state index contributed by atoms with van der Waals surface area (Å²) in [4.78, 5) is 11.2. The molecule has 2 N–H and O–H groups in total. The number of carbonyl (C=O) groups excluding carboxylic acids is 1. The number of fused-ring (bicyclic) bond motifs is 1. The summed E-state index contributed by atoms with van der Waals surface area (Å²) in [5.41, 5.74) is 4.72. The van der Waals surface area contributed by atoms with E-state index in [2.05, 4.69) is 17.4 Å². The topological polar surface area (TPSA) is 49.3 Å². The molecule has 0 heterocycles. The predicted molar refractivity (Wildman–Crippen MR) is 96.7 cm³/mol. The van der Waals surface area contributed by atoms with Gasteiger partial charge in [0.25, 0.3) is 0 Å². The van der Waals surface area contributed by atoms with Gasteiger partial charge in [0.1, 0.15) is 12.4 Å². The number of hydrogen-bond donors (Lipinski definition) is 2. The highest BCUT2D eigenvalue weighted by atomic mass is 19.1. The maximum absolute atomic E-state index is 12.9. The van der Waals surface area contributed by atoms with Gasteiger partial charge in [-0.1, -0.05) is 36.4 Å². The molecule has 3 nitrogen and oxygen atoms in total. The predicted octanol–water partition coefficient (Wildman–Crippen LogP) is 3.22. The third-order valence-electron chi connectivity index (χ3n) is 4.58. The molecule has 130 valence electrons. The van der Waals surface area contributed by atoms with E-state index >= 15 is 0 Å². The Bertz CT molecular complexity index is 768. The van der Waals surface area contributed by atoms with Gasteiger partial charge in [0.15, 0.2) is 5.78 Å². The minimum absolute atomic E-state index is 0.202. The number of aryl methyl sites for hydroxylation is 1. The number of rotatable bonds is 7. The molecular formula is C21H22FNO2. The summed E-state index contributed by atoms with van der Waals surface area (Å²) in [6.45, 7) is 0.393. The SMILES string of the molecule is O=C(/C=C/c1ccc2c(c1)CCC2NCCc1ccc(F)cc1)CO. The van der Waals surface area contributed by atoms with Crippen molar-refractivity contribution in [3.63, 3.8) is 0 Å². The summed E-state index contributed by atoms with van der Waals surface area (Å²) in [5.74, 6) is -0.493. The fourth-order valence-electron chi connectivity index (χ4n) is 3.24. The van der Waals surface area contributed by atoms with E-state index < -0.39 is 6.61 Å². The lowest BCUT2D eigenvalue weighted by Crippen LogP contribution is -2.21. The summed E-state index contributed by atoms with van der Waals surface area (Å²) in [7, 11) is 0. The average molecular weight is 339 g/mol. The van der Waals surface area contributed by atoms with Crippen LogP contribution in [0.2, 0.25) is 0 Å². The lowest BCUT2D eigenvalue weighted by atomic mass is 10.0. The number of nitrogens with one attached hydrogen (secondary N) is 1. The Morgan fingerprint density at radius 3 is 2.80 bits per heavy atom. The van der Waals surface area contributed by atoms with Crippen molar-refractivity contribution in [1.82, 2.24) is 5.32 Å². The third kappa shape index (κ3) is 4.62. The van der Waals surface area contributed by atoms with E-state index in [1.54, 1.807) is 6.08 Å². The van der Waals surface area contributed by atoms with Crippen molar-refractivity contribution in [3.8, 4) is 0 Å². The molecule has 2 aromatic rings. The normalized spacial score (nSPS) is 16.3. The van der Waals surface area contributed by atoms with E-state index in [9.17, 15) is 9.18 Å². The Balaban J connectivity index is 1.57. The lowest BCUT2D eigenvalue weighted by molar-refractivity contribution is -0.117. The minimum atomic E-state index is -0.457. The van der Waals surface area contributed by atoms with Gasteiger partial charge in [0, 0.05) is 6.04 Å². The molecule has 0 aromatic heterocycles. The zero-order chi connectivity index (χ0) is 17.6. The molecule has 3 rings (SSSR count). The van der Waals surface area contributed by atoms with Gasteiger partial charge in [0.2, 0.25) is 0 Å². The van der Waals surface area contributed by atoms with E-state index in [1.165, 1.54) is 29.3 Å². The highest BCUT2D eigenvalue weighted by Gasteiger charge is 2.21. The second-order valence-corrected chi connectivity index (χ2v) is 6.34. The molecule has 1 unspecified atom stereocenters. The molecule has 25 heavy (non-hydrogen) atoms. The molecule has 0 saturated heterocycles. The molecule has 1 aliphatic carbocycles. The summed E-state index contributed by atoms with van der Waals surface area (Å²) >= 11 is 0. The van der Waals surface area contributed by atoms with Gasteiger partial charge in [0.05, 0.1) is 0 Å². The largest absolute Gasteiger partial charge is 0.388 e. The fraction of sp³-hybridized carbons (Fsp3) is 0.286. The number of hydrogen-bond acceptors (Lipinski definition) is 3. The van der Waals surface area contributed by atoms with Crippen LogP contribution in [-0.2, 0) is 17.6 Å². The van der Waals surface area contributed by atoms with Gasteiger partial charge >= 0.3 is 0 Å². The van der Waals surface area contributed by atoms with Crippen LogP contribution in [0, 0.1) is 5.82 Å².